The summed E-state index contributed by atoms with van der Waals surface area (Å²) in [6.07, 6.45) is 3.40. The van der Waals surface area contributed by atoms with E-state index in [2.05, 4.69) is 34.9 Å². The van der Waals surface area contributed by atoms with E-state index in [1.165, 1.54) is 0 Å². The Labute approximate surface area is 199 Å². The van der Waals surface area contributed by atoms with Gasteiger partial charge in [0.15, 0.2) is 0 Å². The van der Waals surface area contributed by atoms with Gasteiger partial charge in [0.1, 0.15) is 6.61 Å². The Bertz CT molecular complexity index is 1010. The molecule has 0 spiro atoms. The fourth-order valence-corrected chi connectivity index (χ4v) is 5.21. The monoisotopic (exact) mass is 464 g/mol. The minimum absolute atomic E-state index is 0.0283. The van der Waals surface area contributed by atoms with Gasteiger partial charge >= 0.3 is 12.1 Å². The van der Waals surface area contributed by atoms with Gasteiger partial charge in [0.2, 0.25) is 5.91 Å². The summed E-state index contributed by atoms with van der Waals surface area (Å²) in [4.78, 5) is 36.6. The molecule has 1 atom stereocenters. The summed E-state index contributed by atoms with van der Waals surface area (Å²) in [6, 6.07) is 15.8. The van der Waals surface area contributed by atoms with Gasteiger partial charge in [0, 0.05) is 24.9 Å². The molecule has 0 unspecified atom stereocenters. The topological polar surface area (TPSA) is 105 Å². The van der Waals surface area contributed by atoms with Gasteiger partial charge in [0.25, 0.3) is 0 Å². The molecule has 0 bridgehead atoms. The fourth-order valence-electron chi connectivity index (χ4n) is 5.21. The van der Waals surface area contributed by atoms with E-state index in [9.17, 15) is 19.5 Å². The molecule has 34 heavy (non-hydrogen) atoms. The second-order valence-electron chi connectivity index (χ2n) is 9.50. The Morgan fingerprint density at radius 1 is 1.00 bits per heavy atom. The van der Waals surface area contributed by atoms with Crippen molar-refractivity contribution < 1.29 is 24.2 Å². The number of ether oxygens (including phenoxy) is 1. The van der Waals surface area contributed by atoms with Gasteiger partial charge in [-0.2, -0.15) is 0 Å². The highest BCUT2D eigenvalue weighted by molar-refractivity contribution is 5.81. The van der Waals surface area contributed by atoms with Crippen LogP contribution in [0.25, 0.3) is 11.1 Å². The van der Waals surface area contributed by atoms with Gasteiger partial charge in [0.05, 0.1) is 5.41 Å². The van der Waals surface area contributed by atoms with Crippen molar-refractivity contribution in [2.45, 2.75) is 57.4 Å². The summed E-state index contributed by atoms with van der Waals surface area (Å²) in [5.74, 6) is -1.16. The van der Waals surface area contributed by atoms with E-state index in [-0.39, 0.29) is 31.4 Å². The summed E-state index contributed by atoms with van der Waals surface area (Å²) in [5.41, 5.74) is 3.72. The van der Waals surface area contributed by atoms with Crippen molar-refractivity contribution in [3.8, 4) is 11.1 Å². The quantitative estimate of drug-likeness (QED) is 0.535. The molecule has 2 aliphatic rings. The predicted octanol–water partition coefficient (Wildman–Crippen LogP) is 4.46. The van der Waals surface area contributed by atoms with E-state index in [0.29, 0.717) is 12.8 Å². The van der Waals surface area contributed by atoms with E-state index >= 15 is 0 Å². The Hall–Kier alpha value is -3.35. The van der Waals surface area contributed by atoms with Crippen molar-refractivity contribution in [1.29, 1.82) is 0 Å². The molecule has 2 aromatic rings. The highest BCUT2D eigenvalue weighted by Gasteiger charge is 2.39. The van der Waals surface area contributed by atoms with Crippen LogP contribution in [-0.4, -0.2) is 42.3 Å². The van der Waals surface area contributed by atoms with Crippen LogP contribution >= 0.6 is 0 Å². The zero-order valence-electron chi connectivity index (χ0n) is 19.5. The molecule has 7 heteroatoms. The molecular formula is C27H32N2O5. The van der Waals surface area contributed by atoms with Crippen molar-refractivity contribution in [2.75, 3.05) is 13.2 Å². The molecule has 0 aliphatic heterocycles. The normalized spacial score (nSPS) is 17.2. The lowest BCUT2D eigenvalue weighted by Crippen LogP contribution is -2.45. The smallest absolute Gasteiger partial charge is 0.407 e. The number of aliphatic carboxylic acids is 1. The number of rotatable bonds is 8. The van der Waals surface area contributed by atoms with Crippen LogP contribution in [0, 0.1) is 5.41 Å². The maximum Gasteiger partial charge on any atom is 0.407 e. The molecular weight excluding hydrogens is 432 g/mol. The van der Waals surface area contributed by atoms with Gasteiger partial charge in [-0.1, -0.05) is 67.8 Å². The van der Waals surface area contributed by atoms with Crippen LogP contribution in [0.4, 0.5) is 4.79 Å². The molecule has 0 aromatic heterocycles. The molecule has 0 radical (unpaired) electrons. The number of nitrogens with one attached hydrogen (secondary N) is 2. The van der Waals surface area contributed by atoms with E-state index in [4.69, 9.17) is 4.74 Å². The molecule has 1 fully saturated rings. The number of hydrogen-bond acceptors (Lipinski definition) is 4. The maximum absolute atomic E-state index is 12.4. The Morgan fingerprint density at radius 2 is 1.59 bits per heavy atom. The zero-order valence-corrected chi connectivity index (χ0v) is 19.5. The molecule has 3 N–H and O–H groups in total. The Morgan fingerprint density at radius 3 is 2.18 bits per heavy atom. The van der Waals surface area contributed by atoms with Crippen molar-refractivity contribution in [3.05, 3.63) is 59.7 Å². The Balaban J connectivity index is 1.26. The highest BCUT2D eigenvalue weighted by Crippen LogP contribution is 2.44. The molecule has 2 amide bonds. The lowest BCUT2D eigenvalue weighted by molar-refractivity contribution is -0.151. The van der Waals surface area contributed by atoms with Crippen LogP contribution in [0.3, 0.4) is 0 Å². The second-order valence-corrected chi connectivity index (χ2v) is 9.50. The number of carboxylic acids is 1. The third-order valence-electron chi connectivity index (χ3n) is 7.09. The SMILES string of the molecule is C[C@@H](CC(=O)NCC1(C(=O)O)CCCCC1)NC(=O)OCC1c2ccccc2-c2ccccc21. The molecule has 7 nitrogen and oxygen atoms in total. The minimum atomic E-state index is -0.878. The first kappa shape index (κ1) is 23.8. The number of amides is 2. The largest absolute Gasteiger partial charge is 0.481 e. The molecule has 0 saturated heterocycles. The summed E-state index contributed by atoms with van der Waals surface area (Å²) < 4.78 is 5.54. The summed E-state index contributed by atoms with van der Waals surface area (Å²) in [6.45, 7) is 2.06. The molecule has 180 valence electrons. The number of carbonyl (C=O) groups excluding carboxylic acids is 2. The first-order valence-electron chi connectivity index (χ1n) is 12.0. The van der Waals surface area contributed by atoms with Gasteiger partial charge in [-0.05, 0) is 42.0 Å². The molecule has 2 aliphatic carbocycles. The van der Waals surface area contributed by atoms with Crippen molar-refractivity contribution in [1.82, 2.24) is 10.6 Å². The molecule has 1 saturated carbocycles. The fraction of sp³-hybridized carbons (Fsp3) is 0.444. The number of hydrogen-bond donors (Lipinski definition) is 3. The van der Waals surface area contributed by atoms with E-state index in [1.54, 1.807) is 6.92 Å². The lowest BCUT2D eigenvalue weighted by Gasteiger charge is -2.33. The number of carbonyl (C=O) groups is 3. The summed E-state index contributed by atoms with van der Waals surface area (Å²) >= 11 is 0. The third kappa shape index (κ3) is 5.08. The van der Waals surface area contributed by atoms with Crippen molar-refractivity contribution in [2.24, 2.45) is 5.41 Å². The van der Waals surface area contributed by atoms with Crippen LogP contribution in [0.1, 0.15) is 62.5 Å². The van der Waals surface area contributed by atoms with Gasteiger partial charge in [-0.15, -0.1) is 0 Å². The van der Waals surface area contributed by atoms with Crippen molar-refractivity contribution in [3.63, 3.8) is 0 Å². The average Bonchev–Trinajstić information content (AvgIpc) is 3.15. The molecule has 0 heterocycles. The minimum Gasteiger partial charge on any atom is -0.481 e. The van der Waals surface area contributed by atoms with Gasteiger partial charge < -0.3 is 20.5 Å². The first-order valence-corrected chi connectivity index (χ1v) is 12.0. The number of benzene rings is 2. The van der Waals surface area contributed by atoms with E-state index in [0.717, 1.165) is 41.5 Å². The molecule has 4 rings (SSSR count). The van der Waals surface area contributed by atoms with Crippen LogP contribution in [0.2, 0.25) is 0 Å². The van der Waals surface area contributed by atoms with E-state index < -0.39 is 23.5 Å². The van der Waals surface area contributed by atoms with Gasteiger partial charge in [-0.25, -0.2) is 4.79 Å². The van der Waals surface area contributed by atoms with Gasteiger partial charge in [-0.3, -0.25) is 9.59 Å². The van der Waals surface area contributed by atoms with Crippen LogP contribution in [-0.2, 0) is 14.3 Å². The predicted molar refractivity (Wildman–Crippen MR) is 128 cm³/mol. The van der Waals surface area contributed by atoms with E-state index in [1.807, 2.05) is 24.3 Å². The third-order valence-corrected chi connectivity index (χ3v) is 7.09. The number of carboxylic acid groups (broad SMARTS) is 1. The highest BCUT2D eigenvalue weighted by atomic mass is 16.5. The molecule has 2 aromatic carbocycles. The Kier molecular flexibility index (Phi) is 7.20. The number of alkyl carbamates (subject to hydrolysis) is 1. The summed E-state index contributed by atoms with van der Waals surface area (Å²) in [5, 5.41) is 15.1. The lowest BCUT2D eigenvalue weighted by atomic mass is 9.74. The maximum atomic E-state index is 12.4. The zero-order chi connectivity index (χ0) is 24.1. The van der Waals surface area contributed by atoms with Crippen LogP contribution in [0.5, 0.6) is 0 Å². The van der Waals surface area contributed by atoms with Crippen LogP contribution < -0.4 is 10.6 Å². The first-order chi connectivity index (χ1) is 16.4. The standard InChI is InChI=1S/C27H32N2O5/c1-18(15-24(30)28-17-27(25(31)32)13-7-2-8-14-27)29-26(33)34-16-23-21-11-5-3-9-19(21)20-10-4-6-12-22(20)23/h3-6,9-12,18,23H,2,7-8,13-17H2,1H3,(H,28,30)(H,29,33)(H,31,32)/t18-/m0/s1. The average molecular weight is 465 g/mol. The van der Waals surface area contributed by atoms with Crippen molar-refractivity contribution >= 4 is 18.0 Å². The second kappa shape index (κ2) is 10.3. The van der Waals surface area contributed by atoms with Crippen LogP contribution in [0.15, 0.2) is 48.5 Å². The number of fused-ring (bicyclic) bond motifs is 3. The summed E-state index contributed by atoms with van der Waals surface area (Å²) in [7, 11) is 0.